The topological polar surface area (TPSA) is 60.5 Å². The quantitative estimate of drug-likeness (QED) is 0.856. The van der Waals surface area contributed by atoms with Crippen LogP contribution in [0.15, 0.2) is 36.5 Å². The molecular weight excluding hydrogens is 268 g/mol. The average Bonchev–Trinajstić information content (AvgIpc) is 2.52. The Morgan fingerprint density at radius 3 is 2.62 bits per heavy atom. The minimum Gasteiger partial charge on any atom is -0.496 e. The van der Waals surface area contributed by atoms with Gasteiger partial charge in [-0.2, -0.15) is 0 Å². The van der Waals surface area contributed by atoms with E-state index in [0.29, 0.717) is 12.1 Å². The molecule has 0 aliphatic rings. The SMILES string of the molecule is COC(=O)c1ccc(CNc2ccc(OC)c(C)c2)nc1. The summed E-state index contributed by atoms with van der Waals surface area (Å²) in [6.07, 6.45) is 1.52. The highest BCUT2D eigenvalue weighted by atomic mass is 16.5. The molecule has 0 amide bonds. The number of benzene rings is 1. The van der Waals surface area contributed by atoms with Gasteiger partial charge >= 0.3 is 5.97 Å². The number of pyridine rings is 1. The van der Waals surface area contributed by atoms with Crippen LogP contribution in [0.25, 0.3) is 0 Å². The van der Waals surface area contributed by atoms with Crippen LogP contribution in [0.2, 0.25) is 0 Å². The number of esters is 1. The predicted molar refractivity (Wildman–Crippen MR) is 80.6 cm³/mol. The lowest BCUT2D eigenvalue weighted by atomic mass is 10.2. The summed E-state index contributed by atoms with van der Waals surface area (Å²) in [4.78, 5) is 15.5. The normalized spacial score (nSPS) is 10.0. The van der Waals surface area contributed by atoms with Gasteiger partial charge in [-0.3, -0.25) is 4.98 Å². The maximum atomic E-state index is 11.3. The van der Waals surface area contributed by atoms with Crippen molar-refractivity contribution in [2.24, 2.45) is 0 Å². The molecule has 5 nitrogen and oxygen atoms in total. The smallest absolute Gasteiger partial charge is 0.339 e. The summed E-state index contributed by atoms with van der Waals surface area (Å²) in [5.41, 5.74) is 3.35. The van der Waals surface area contributed by atoms with Crippen LogP contribution in [0.4, 0.5) is 5.69 Å². The van der Waals surface area contributed by atoms with Crippen LogP contribution in [-0.2, 0) is 11.3 Å². The van der Waals surface area contributed by atoms with Gasteiger partial charge in [0.2, 0.25) is 0 Å². The Morgan fingerprint density at radius 2 is 2.05 bits per heavy atom. The molecule has 0 atom stereocenters. The van der Waals surface area contributed by atoms with Crippen molar-refractivity contribution in [3.8, 4) is 5.75 Å². The van der Waals surface area contributed by atoms with E-state index < -0.39 is 0 Å². The Labute approximate surface area is 123 Å². The summed E-state index contributed by atoms with van der Waals surface area (Å²) in [6.45, 7) is 2.57. The maximum absolute atomic E-state index is 11.3. The molecule has 0 aliphatic carbocycles. The zero-order chi connectivity index (χ0) is 15.2. The lowest BCUT2D eigenvalue weighted by molar-refractivity contribution is 0.0600. The Morgan fingerprint density at radius 1 is 1.24 bits per heavy atom. The van der Waals surface area contributed by atoms with Crippen molar-refractivity contribution >= 4 is 11.7 Å². The van der Waals surface area contributed by atoms with Crippen molar-refractivity contribution in [3.05, 3.63) is 53.3 Å². The minimum absolute atomic E-state index is 0.382. The Hall–Kier alpha value is -2.56. The van der Waals surface area contributed by atoms with Crippen molar-refractivity contribution in [1.82, 2.24) is 4.98 Å². The molecule has 2 rings (SSSR count). The molecular formula is C16H18N2O3. The number of rotatable bonds is 5. The molecule has 0 unspecified atom stereocenters. The number of nitrogens with one attached hydrogen (secondary N) is 1. The number of hydrogen-bond donors (Lipinski definition) is 1. The zero-order valence-electron chi connectivity index (χ0n) is 12.3. The van der Waals surface area contributed by atoms with Gasteiger partial charge in [0.15, 0.2) is 0 Å². The molecule has 0 aliphatic heterocycles. The van der Waals surface area contributed by atoms with Crippen molar-refractivity contribution in [3.63, 3.8) is 0 Å². The molecule has 0 spiro atoms. The van der Waals surface area contributed by atoms with E-state index >= 15 is 0 Å². The standard InChI is InChI=1S/C16H18N2O3/c1-11-8-13(6-7-15(11)20-2)18-10-14-5-4-12(9-17-14)16(19)21-3/h4-9,18H,10H2,1-3H3. The van der Waals surface area contributed by atoms with E-state index in [1.807, 2.05) is 25.1 Å². The first kappa shape index (κ1) is 14.8. The van der Waals surface area contributed by atoms with Gasteiger partial charge in [-0.25, -0.2) is 4.79 Å². The van der Waals surface area contributed by atoms with Crippen LogP contribution in [0.1, 0.15) is 21.6 Å². The monoisotopic (exact) mass is 286 g/mol. The summed E-state index contributed by atoms with van der Waals surface area (Å²) < 4.78 is 9.86. The number of aromatic nitrogens is 1. The van der Waals surface area contributed by atoms with Gasteiger partial charge in [0.05, 0.1) is 32.0 Å². The number of carbonyl (C=O) groups is 1. The van der Waals surface area contributed by atoms with E-state index in [1.54, 1.807) is 19.2 Å². The molecule has 1 aromatic carbocycles. The fraction of sp³-hybridized carbons (Fsp3) is 0.250. The number of methoxy groups -OCH3 is 2. The first-order valence-corrected chi connectivity index (χ1v) is 6.56. The highest BCUT2D eigenvalue weighted by Gasteiger charge is 2.05. The van der Waals surface area contributed by atoms with E-state index in [9.17, 15) is 4.79 Å². The maximum Gasteiger partial charge on any atom is 0.339 e. The molecule has 5 heteroatoms. The molecule has 1 N–H and O–H groups in total. The average molecular weight is 286 g/mol. The Bertz CT molecular complexity index is 624. The minimum atomic E-state index is -0.382. The third kappa shape index (κ3) is 3.72. The van der Waals surface area contributed by atoms with Crippen molar-refractivity contribution in [2.45, 2.75) is 13.5 Å². The number of nitrogens with zero attached hydrogens (tertiary/aromatic N) is 1. The summed E-state index contributed by atoms with van der Waals surface area (Å²) in [6, 6.07) is 9.40. The zero-order valence-corrected chi connectivity index (χ0v) is 12.3. The number of ether oxygens (including phenoxy) is 2. The predicted octanol–water partition coefficient (Wildman–Crippen LogP) is 2.80. The molecule has 2 aromatic rings. The highest BCUT2D eigenvalue weighted by molar-refractivity contribution is 5.88. The largest absolute Gasteiger partial charge is 0.496 e. The second kappa shape index (κ2) is 6.74. The lowest BCUT2D eigenvalue weighted by Gasteiger charge is -2.09. The number of anilines is 1. The van der Waals surface area contributed by atoms with E-state index in [1.165, 1.54) is 13.3 Å². The second-order valence-electron chi connectivity index (χ2n) is 4.57. The van der Waals surface area contributed by atoms with Gasteiger partial charge < -0.3 is 14.8 Å². The number of hydrogen-bond acceptors (Lipinski definition) is 5. The molecule has 110 valence electrons. The second-order valence-corrected chi connectivity index (χ2v) is 4.57. The van der Waals surface area contributed by atoms with Crippen LogP contribution < -0.4 is 10.1 Å². The summed E-state index contributed by atoms with van der Waals surface area (Å²) in [5, 5.41) is 3.28. The summed E-state index contributed by atoms with van der Waals surface area (Å²) in [5.74, 6) is 0.480. The number of carbonyl (C=O) groups excluding carboxylic acids is 1. The fourth-order valence-electron chi connectivity index (χ4n) is 1.95. The Balaban J connectivity index is 1.99. The van der Waals surface area contributed by atoms with E-state index in [-0.39, 0.29) is 5.97 Å². The van der Waals surface area contributed by atoms with Crippen LogP contribution >= 0.6 is 0 Å². The van der Waals surface area contributed by atoms with Crippen LogP contribution in [-0.4, -0.2) is 25.2 Å². The fourth-order valence-corrected chi connectivity index (χ4v) is 1.95. The Kier molecular flexibility index (Phi) is 4.77. The van der Waals surface area contributed by atoms with E-state index in [0.717, 1.165) is 22.7 Å². The first-order chi connectivity index (χ1) is 10.1. The molecule has 0 fully saturated rings. The molecule has 0 bridgehead atoms. The lowest BCUT2D eigenvalue weighted by Crippen LogP contribution is -2.05. The molecule has 21 heavy (non-hydrogen) atoms. The molecule has 0 saturated heterocycles. The van der Waals surface area contributed by atoms with Gasteiger partial charge in [-0.05, 0) is 42.8 Å². The first-order valence-electron chi connectivity index (χ1n) is 6.56. The molecule has 1 aromatic heterocycles. The van der Waals surface area contributed by atoms with Crippen LogP contribution in [0.5, 0.6) is 5.75 Å². The van der Waals surface area contributed by atoms with Crippen molar-refractivity contribution in [2.75, 3.05) is 19.5 Å². The summed E-state index contributed by atoms with van der Waals surface area (Å²) >= 11 is 0. The van der Waals surface area contributed by atoms with Gasteiger partial charge in [0, 0.05) is 11.9 Å². The molecule has 0 saturated carbocycles. The van der Waals surface area contributed by atoms with Crippen molar-refractivity contribution in [1.29, 1.82) is 0 Å². The third-order valence-corrected chi connectivity index (χ3v) is 3.11. The number of aryl methyl sites for hydroxylation is 1. The third-order valence-electron chi connectivity index (χ3n) is 3.11. The summed E-state index contributed by atoms with van der Waals surface area (Å²) in [7, 11) is 3.01. The molecule has 0 radical (unpaired) electrons. The van der Waals surface area contributed by atoms with E-state index in [2.05, 4.69) is 15.0 Å². The van der Waals surface area contributed by atoms with Crippen LogP contribution in [0.3, 0.4) is 0 Å². The van der Waals surface area contributed by atoms with E-state index in [4.69, 9.17) is 4.74 Å². The van der Waals surface area contributed by atoms with Crippen LogP contribution in [0, 0.1) is 6.92 Å². The van der Waals surface area contributed by atoms with Crippen molar-refractivity contribution < 1.29 is 14.3 Å². The van der Waals surface area contributed by atoms with Gasteiger partial charge in [-0.15, -0.1) is 0 Å². The van der Waals surface area contributed by atoms with Gasteiger partial charge in [-0.1, -0.05) is 0 Å². The highest BCUT2D eigenvalue weighted by Crippen LogP contribution is 2.21. The van der Waals surface area contributed by atoms with Gasteiger partial charge in [0.1, 0.15) is 5.75 Å². The van der Waals surface area contributed by atoms with Gasteiger partial charge in [0.25, 0.3) is 0 Å². The molecule has 1 heterocycles.